The number of nitrogens with zero attached hydrogens (tertiary/aromatic N) is 2. The number of fused-ring (bicyclic) bond motifs is 1. The number of carbonyl (C=O) groups is 2. The molecule has 7 nitrogen and oxygen atoms in total. The van der Waals surface area contributed by atoms with E-state index in [4.69, 9.17) is 9.15 Å². The Morgan fingerprint density at radius 1 is 1.25 bits per heavy atom. The largest absolute Gasteiger partial charge is 0.503 e. The molecule has 1 atom stereocenters. The molecule has 3 aromatic heterocycles. The number of hydrogen-bond donors (Lipinski definition) is 1. The van der Waals surface area contributed by atoms with Gasteiger partial charge in [0.1, 0.15) is 17.3 Å². The normalized spacial score (nSPS) is 16.4. The van der Waals surface area contributed by atoms with Gasteiger partial charge in [0.2, 0.25) is 0 Å². The van der Waals surface area contributed by atoms with Crippen LogP contribution in [0.1, 0.15) is 33.5 Å². The van der Waals surface area contributed by atoms with Crippen LogP contribution >= 0.6 is 22.7 Å². The van der Waals surface area contributed by atoms with Gasteiger partial charge < -0.3 is 14.3 Å². The van der Waals surface area contributed by atoms with E-state index in [1.807, 2.05) is 29.0 Å². The lowest BCUT2D eigenvalue weighted by molar-refractivity contribution is -0.117. The van der Waals surface area contributed by atoms with E-state index in [1.165, 1.54) is 27.6 Å². The van der Waals surface area contributed by atoms with Crippen molar-refractivity contribution in [2.45, 2.75) is 19.9 Å². The third-order valence-electron chi connectivity index (χ3n) is 5.39. The zero-order chi connectivity index (χ0) is 22.6. The molecule has 1 unspecified atom stereocenters. The fraction of sp³-hybridized carbons (Fsp3) is 0.174. The number of benzene rings is 1. The summed E-state index contributed by atoms with van der Waals surface area (Å²) in [5, 5.41) is 15.0. The van der Waals surface area contributed by atoms with Crippen LogP contribution in [0.25, 0.3) is 10.2 Å². The molecule has 1 N–H and O–H groups in total. The van der Waals surface area contributed by atoms with Gasteiger partial charge in [-0.1, -0.05) is 11.3 Å². The van der Waals surface area contributed by atoms with Crippen molar-refractivity contribution >= 4 is 49.7 Å². The van der Waals surface area contributed by atoms with Gasteiger partial charge >= 0.3 is 0 Å². The minimum Gasteiger partial charge on any atom is -0.503 e. The number of thiophene rings is 1. The molecule has 0 bridgehead atoms. The van der Waals surface area contributed by atoms with E-state index in [0.29, 0.717) is 33.5 Å². The summed E-state index contributed by atoms with van der Waals surface area (Å²) in [7, 11) is 1.58. The average Bonchev–Trinajstić information content (AvgIpc) is 3.54. The molecule has 1 aliphatic heterocycles. The Hall–Kier alpha value is -3.43. The molecule has 0 radical (unpaired) electrons. The van der Waals surface area contributed by atoms with Crippen LogP contribution in [0, 0.1) is 13.8 Å². The quantitative estimate of drug-likeness (QED) is 0.398. The number of amides is 1. The van der Waals surface area contributed by atoms with Crippen LogP contribution in [0.15, 0.2) is 56.8 Å². The number of ether oxygens (including phenoxy) is 1. The maximum atomic E-state index is 13.5. The summed E-state index contributed by atoms with van der Waals surface area (Å²) in [5.74, 6) is 0.0352. The van der Waals surface area contributed by atoms with Gasteiger partial charge in [0.25, 0.3) is 5.91 Å². The Kier molecular flexibility index (Phi) is 4.87. The molecule has 0 spiro atoms. The second kappa shape index (κ2) is 7.61. The molecule has 0 saturated carbocycles. The third-order valence-corrected chi connectivity index (χ3v) is 7.11. The summed E-state index contributed by atoms with van der Waals surface area (Å²) in [6.07, 6.45) is 0. The summed E-state index contributed by atoms with van der Waals surface area (Å²) >= 11 is 2.74. The number of aliphatic hydroxyl groups excluding tert-OH is 1. The number of carbonyl (C=O) groups excluding carboxylic acids is 2. The van der Waals surface area contributed by atoms with Crippen molar-refractivity contribution in [1.82, 2.24) is 4.98 Å². The van der Waals surface area contributed by atoms with Gasteiger partial charge in [0.05, 0.1) is 34.5 Å². The van der Waals surface area contributed by atoms with Gasteiger partial charge in [-0.3, -0.25) is 14.5 Å². The molecular formula is C23H18N2O5S2. The highest BCUT2D eigenvalue weighted by atomic mass is 32.1. The van der Waals surface area contributed by atoms with Crippen molar-refractivity contribution in [3.63, 3.8) is 0 Å². The smallest absolute Gasteiger partial charge is 0.296 e. The van der Waals surface area contributed by atoms with Crippen LogP contribution in [0.4, 0.5) is 5.13 Å². The summed E-state index contributed by atoms with van der Waals surface area (Å²) in [6, 6.07) is 8.12. The van der Waals surface area contributed by atoms with Crippen LogP contribution in [0.2, 0.25) is 0 Å². The monoisotopic (exact) mass is 466 g/mol. The molecular weight excluding hydrogens is 448 g/mol. The molecule has 1 aliphatic rings. The van der Waals surface area contributed by atoms with E-state index >= 15 is 0 Å². The molecule has 4 heterocycles. The standard InChI is InChI=1S/C23H18N2O5S2/c1-11-8-15(12(2)30-11)20(26)18-19(13-6-7-31-10-13)25(22(28)21(18)27)23-24-16-5-4-14(29-3)9-17(16)32-23/h4-10,19,27H,1-3H3. The van der Waals surface area contributed by atoms with Crippen molar-refractivity contribution in [1.29, 1.82) is 0 Å². The molecule has 162 valence electrons. The first kappa shape index (κ1) is 20.5. The zero-order valence-electron chi connectivity index (χ0n) is 17.4. The van der Waals surface area contributed by atoms with Crippen LogP contribution in [-0.2, 0) is 4.79 Å². The topological polar surface area (TPSA) is 92.9 Å². The van der Waals surface area contributed by atoms with Gasteiger partial charge in [-0.05, 0) is 60.5 Å². The maximum Gasteiger partial charge on any atom is 0.296 e. The number of aromatic nitrogens is 1. The van der Waals surface area contributed by atoms with E-state index in [2.05, 4.69) is 4.98 Å². The first-order chi connectivity index (χ1) is 15.4. The second-order valence-corrected chi connectivity index (χ2v) is 9.17. The van der Waals surface area contributed by atoms with Crippen molar-refractivity contribution in [3.05, 3.63) is 75.1 Å². The molecule has 0 saturated heterocycles. The van der Waals surface area contributed by atoms with Crippen LogP contribution < -0.4 is 9.64 Å². The van der Waals surface area contributed by atoms with E-state index in [9.17, 15) is 14.7 Å². The Morgan fingerprint density at radius 2 is 2.06 bits per heavy atom. The summed E-state index contributed by atoms with van der Waals surface area (Å²) < 4.78 is 11.6. The van der Waals surface area contributed by atoms with Crippen molar-refractivity contribution < 1.29 is 23.8 Å². The van der Waals surface area contributed by atoms with Gasteiger partial charge in [0.15, 0.2) is 16.7 Å². The minimum atomic E-state index is -0.793. The van der Waals surface area contributed by atoms with Gasteiger partial charge in [-0.25, -0.2) is 4.98 Å². The SMILES string of the molecule is COc1ccc2nc(N3C(=O)C(O)=C(C(=O)c4cc(C)oc4C)C3c3ccsc3)sc2c1. The fourth-order valence-corrected chi connectivity index (χ4v) is 5.60. The molecule has 4 aromatic rings. The molecule has 0 aliphatic carbocycles. The predicted octanol–water partition coefficient (Wildman–Crippen LogP) is 5.36. The molecule has 0 fully saturated rings. The van der Waals surface area contributed by atoms with Crippen LogP contribution in [0.3, 0.4) is 0 Å². The molecule has 5 rings (SSSR count). The number of anilines is 1. The number of Topliss-reactive ketones (excluding diaryl/α,β-unsaturated/α-hetero) is 1. The summed E-state index contributed by atoms with van der Waals surface area (Å²) in [5.41, 5.74) is 1.77. The number of hydrogen-bond acceptors (Lipinski definition) is 8. The van der Waals surface area contributed by atoms with Crippen LogP contribution in [0.5, 0.6) is 5.75 Å². The zero-order valence-corrected chi connectivity index (χ0v) is 19.0. The Bertz CT molecular complexity index is 1400. The third kappa shape index (κ3) is 3.12. The summed E-state index contributed by atoms with van der Waals surface area (Å²) in [4.78, 5) is 32.7. The van der Waals surface area contributed by atoms with Gasteiger partial charge in [-0.15, -0.1) is 0 Å². The highest BCUT2D eigenvalue weighted by Crippen LogP contribution is 2.45. The number of ketones is 1. The van der Waals surface area contributed by atoms with Gasteiger partial charge in [0, 0.05) is 0 Å². The minimum absolute atomic E-state index is 0.0223. The van der Waals surface area contributed by atoms with Gasteiger partial charge in [-0.2, -0.15) is 11.3 Å². The highest BCUT2D eigenvalue weighted by Gasteiger charge is 2.46. The number of furan rings is 1. The molecule has 9 heteroatoms. The second-order valence-electron chi connectivity index (χ2n) is 7.38. The first-order valence-corrected chi connectivity index (χ1v) is 11.5. The van der Waals surface area contributed by atoms with E-state index in [1.54, 1.807) is 33.1 Å². The number of thiazole rings is 1. The maximum absolute atomic E-state index is 13.5. The average molecular weight is 467 g/mol. The van der Waals surface area contributed by atoms with Crippen LogP contribution in [-0.4, -0.2) is 28.9 Å². The lowest BCUT2D eigenvalue weighted by Crippen LogP contribution is -2.30. The van der Waals surface area contributed by atoms with Crippen molar-refractivity contribution in [2.75, 3.05) is 12.0 Å². The number of aliphatic hydroxyl groups is 1. The first-order valence-electron chi connectivity index (χ1n) is 9.74. The van der Waals surface area contributed by atoms with E-state index in [0.717, 1.165) is 10.3 Å². The summed E-state index contributed by atoms with van der Waals surface area (Å²) in [6.45, 7) is 3.43. The Balaban J connectivity index is 1.65. The lowest BCUT2D eigenvalue weighted by Gasteiger charge is -2.23. The highest BCUT2D eigenvalue weighted by molar-refractivity contribution is 7.22. The van der Waals surface area contributed by atoms with E-state index in [-0.39, 0.29) is 5.57 Å². The fourth-order valence-electron chi connectivity index (χ4n) is 3.90. The number of aryl methyl sites for hydroxylation is 2. The molecule has 32 heavy (non-hydrogen) atoms. The lowest BCUT2D eigenvalue weighted by atomic mass is 9.94. The number of methoxy groups -OCH3 is 1. The predicted molar refractivity (Wildman–Crippen MR) is 123 cm³/mol. The number of rotatable bonds is 5. The Morgan fingerprint density at radius 3 is 2.72 bits per heavy atom. The Labute approximate surface area is 191 Å². The van der Waals surface area contributed by atoms with E-state index < -0.39 is 23.5 Å². The molecule has 1 aromatic carbocycles. The van der Waals surface area contributed by atoms with Crippen molar-refractivity contribution in [3.8, 4) is 5.75 Å². The molecule has 1 amide bonds. The van der Waals surface area contributed by atoms with Crippen molar-refractivity contribution in [2.24, 2.45) is 0 Å².